The van der Waals surface area contributed by atoms with Gasteiger partial charge in [0.1, 0.15) is 5.69 Å². The molecule has 1 heterocycles. The van der Waals surface area contributed by atoms with Crippen LogP contribution in [-0.2, 0) is 0 Å². The Morgan fingerprint density at radius 1 is 1.58 bits per heavy atom. The first-order chi connectivity index (χ1) is 9.02. The van der Waals surface area contributed by atoms with E-state index in [0.717, 1.165) is 0 Å². The van der Waals surface area contributed by atoms with Gasteiger partial charge in [-0.25, -0.2) is 4.68 Å². The van der Waals surface area contributed by atoms with Crippen LogP contribution in [0.4, 0.5) is 5.69 Å². The van der Waals surface area contributed by atoms with E-state index in [2.05, 4.69) is 10.3 Å². The molecule has 7 nitrogen and oxygen atoms in total. The highest BCUT2D eigenvalue weighted by atomic mass is 35.5. The number of benzene rings is 1. The van der Waals surface area contributed by atoms with Crippen molar-refractivity contribution in [2.75, 3.05) is 0 Å². The summed E-state index contributed by atoms with van der Waals surface area (Å²) in [5.74, 6) is 0. The lowest BCUT2D eigenvalue weighted by Gasteiger charge is -2.03. The molecule has 0 radical (unpaired) electrons. The number of rotatable bonds is 4. The molecule has 100 valence electrons. The molecule has 0 saturated carbocycles. The molecule has 1 N–H and O–H groups in total. The first-order valence-corrected chi connectivity index (χ1v) is 5.95. The van der Waals surface area contributed by atoms with Crippen molar-refractivity contribution in [3.8, 4) is 5.69 Å². The van der Waals surface area contributed by atoms with Crippen molar-refractivity contribution in [2.24, 2.45) is 0 Å². The van der Waals surface area contributed by atoms with Gasteiger partial charge in [0.15, 0.2) is 0 Å². The Morgan fingerprint density at radius 2 is 2.32 bits per heavy atom. The minimum absolute atomic E-state index is 0.0947. The molecule has 0 bridgehead atoms. The smallest absolute Gasteiger partial charge is 0.271 e. The van der Waals surface area contributed by atoms with Gasteiger partial charge >= 0.3 is 0 Å². The molecule has 2 rings (SSSR count). The van der Waals surface area contributed by atoms with Crippen molar-refractivity contribution in [1.29, 1.82) is 0 Å². The molecule has 0 aliphatic rings. The fourth-order valence-electron chi connectivity index (χ4n) is 1.55. The van der Waals surface area contributed by atoms with Crippen LogP contribution in [0.15, 0.2) is 24.4 Å². The molecule has 8 heteroatoms. The summed E-state index contributed by atoms with van der Waals surface area (Å²) in [4.78, 5) is 10.1. The Labute approximate surface area is 113 Å². The van der Waals surface area contributed by atoms with Crippen LogP contribution in [0.2, 0.25) is 5.02 Å². The van der Waals surface area contributed by atoms with Gasteiger partial charge in [-0.2, -0.15) is 0 Å². The number of nitro groups is 1. The zero-order valence-corrected chi connectivity index (χ0v) is 10.8. The number of aliphatic hydroxyl groups excluding tert-OH is 1. The Bertz CT molecular complexity index is 614. The molecule has 1 aromatic carbocycles. The zero-order chi connectivity index (χ0) is 14.0. The topological polar surface area (TPSA) is 94.1 Å². The summed E-state index contributed by atoms with van der Waals surface area (Å²) in [5, 5.41) is 28.1. The number of aromatic nitrogens is 3. The van der Waals surface area contributed by atoms with Crippen LogP contribution in [-0.4, -0.2) is 25.0 Å². The zero-order valence-electron chi connectivity index (χ0n) is 10.0. The van der Waals surface area contributed by atoms with Crippen LogP contribution in [0.5, 0.6) is 0 Å². The maximum Gasteiger partial charge on any atom is 0.271 e. The fraction of sp³-hybridized carbons (Fsp3) is 0.273. The van der Waals surface area contributed by atoms with E-state index in [1.807, 2.05) is 6.92 Å². The SMILES string of the molecule is CCC(O)c1cn(-c2ccc([N+](=O)[O-])cc2Cl)nn1. The van der Waals surface area contributed by atoms with Gasteiger partial charge < -0.3 is 5.11 Å². The van der Waals surface area contributed by atoms with Gasteiger partial charge in [0.25, 0.3) is 5.69 Å². The third-order valence-corrected chi connectivity index (χ3v) is 2.93. The number of hydrogen-bond donors (Lipinski definition) is 1. The maximum atomic E-state index is 10.6. The second-order valence-electron chi connectivity index (χ2n) is 3.90. The molecular weight excluding hydrogens is 272 g/mol. The van der Waals surface area contributed by atoms with Crippen molar-refractivity contribution in [2.45, 2.75) is 19.4 Å². The van der Waals surface area contributed by atoms with Gasteiger partial charge in [-0.15, -0.1) is 5.10 Å². The summed E-state index contributed by atoms with van der Waals surface area (Å²) in [5.41, 5.74) is 0.800. The summed E-state index contributed by atoms with van der Waals surface area (Å²) in [7, 11) is 0. The highest BCUT2D eigenvalue weighted by Crippen LogP contribution is 2.25. The average molecular weight is 283 g/mol. The molecule has 1 aromatic heterocycles. The molecule has 1 atom stereocenters. The van der Waals surface area contributed by atoms with Crippen LogP contribution in [0, 0.1) is 10.1 Å². The number of halogens is 1. The van der Waals surface area contributed by atoms with E-state index in [-0.39, 0.29) is 10.7 Å². The molecular formula is C11H11ClN4O3. The van der Waals surface area contributed by atoms with Crippen LogP contribution >= 0.6 is 11.6 Å². The van der Waals surface area contributed by atoms with Crippen molar-refractivity contribution in [3.05, 3.63) is 45.2 Å². The first-order valence-electron chi connectivity index (χ1n) is 5.57. The molecule has 0 spiro atoms. The van der Waals surface area contributed by atoms with Crippen molar-refractivity contribution >= 4 is 17.3 Å². The summed E-state index contributed by atoms with van der Waals surface area (Å²) in [6.45, 7) is 1.82. The molecule has 0 aliphatic carbocycles. The Kier molecular flexibility index (Phi) is 3.77. The molecule has 1 unspecified atom stereocenters. The van der Waals surface area contributed by atoms with E-state index >= 15 is 0 Å². The Hall–Kier alpha value is -1.99. The van der Waals surface area contributed by atoms with Gasteiger partial charge in [0, 0.05) is 12.1 Å². The Morgan fingerprint density at radius 3 is 2.89 bits per heavy atom. The van der Waals surface area contributed by atoms with Crippen LogP contribution in [0.1, 0.15) is 25.1 Å². The van der Waals surface area contributed by atoms with E-state index in [4.69, 9.17) is 11.6 Å². The van der Waals surface area contributed by atoms with E-state index in [1.54, 1.807) is 6.20 Å². The number of hydrogen-bond acceptors (Lipinski definition) is 5. The largest absolute Gasteiger partial charge is 0.387 e. The van der Waals surface area contributed by atoms with E-state index < -0.39 is 11.0 Å². The average Bonchev–Trinajstić information content (AvgIpc) is 2.87. The molecule has 0 fully saturated rings. The predicted octanol–water partition coefficient (Wildman–Crippen LogP) is 2.27. The highest BCUT2D eigenvalue weighted by molar-refractivity contribution is 6.32. The minimum atomic E-state index is -0.689. The third kappa shape index (κ3) is 2.72. The summed E-state index contributed by atoms with van der Waals surface area (Å²) < 4.78 is 1.38. The Balaban J connectivity index is 2.37. The van der Waals surface area contributed by atoms with Crippen LogP contribution in [0.3, 0.4) is 0 Å². The van der Waals surface area contributed by atoms with Gasteiger partial charge in [-0.3, -0.25) is 10.1 Å². The van der Waals surface area contributed by atoms with E-state index in [0.29, 0.717) is 17.8 Å². The van der Waals surface area contributed by atoms with Crippen LogP contribution in [0.25, 0.3) is 5.69 Å². The molecule has 0 saturated heterocycles. The first kappa shape index (κ1) is 13.4. The lowest BCUT2D eigenvalue weighted by molar-refractivity contribution is -0.384. The second-order valence-corrected chi connectivity index (χ2v) is 4.31. The number of nitro benzene ring substituents is 1. The second kappa shape index (κ2) is 5.33. The van der Waals surface area contributed by atoms with Crippen molar-refractivity contribution in [1.82, 2.24) is 15.0 Å². The van der Waals surface area contributed by atoms with Gasteiger partial charge in [0.05, 0.1) is 27.9 Å². The normalized spacial score (nSPS) is 12.4. The van der Waals surface area contributed by atoms with E-state index in [1.165, 1.54) is 22.9 Å². The standard InChI is InChI=1S/C11H11ClN4O3/c1-2-11(17)9-6-15(14-13-9)10-4-3-7(16(18)19)5-8(10)12/h3-6,11,17H,2H2,1H3. The minimum Gasteiger partial charge on any atom is -0.387 e. The van der Waals surface area contributed by atoms with Gasteiger partial charge in [-0.1, -0.05) is 23.7 Å². The monoisotopic (exact) mass is 282 g/mol. The van der Waals surface area contributed by atoms with Crippen LogP contribution < -0.4 is 0 Å². The number of aliphatic hydroxyl groups is 1. The highest BCUT2D eigenvalue weighted by Gasteiger charge is 2.14. The number of non-ortho nitro benzene ring substituents is 1. The predicted molar refractivity (Wildman–Crippen MR) is 68.3 cm³/mol. The molecule has 0 amide bonds. The fourth-order valence-corrected chi connectivity index (χ4v) is 1.81. The molecule has 2 aromatic rings. The van der Waals surface area contributed by atoms with Gasteiger partial charge in [0.2, 0.25) is 0 Å². The van der Waals surface area contributed by atoms with Crippen molar-refractivity contribution in [3.63, 3.8) is 0 Å². The number of nitrogens with zero attached hydrogens (tertiary/aromatic N) is 4. The van der Waals surface area contributed by atoms with Crippen molar-refractivity contribution < 1.29 is 10.0 Å². The summed E-state index contributed by atoms with van der Waals surface area (Å²) >= 11 is 5.98. The summed E-state index contributed by atoms with van der Waals surface area (Å²) in [6.07, 6.45) is 1.37. The quantitative estimate of drug-likeness (QED) is 0.686. The van der Waals surface area contributed by atoms with E-state index in [9.17, 15) is 15.2 Å². The third-order valence-electron chi connectivity index (χ3n) is 2.63. The molecule has 0 aliphatic heterocycles. The van der Waals surface area contributed by atoms with Gasteiger partial charge in [-0.05, 0) is 12.5 Å². The lowest BCUT2D eigenvalue weighted by Crippen LogP contribution is -1.97. The lowest BCUT2D eigenvalue weighted by atomic mass is 10.2. The maximum absolute atomic E-state index is 10.6. The summed E-state index contributed by atoms with van der Waals surface area (Å²) in [6, 6.07) is 4.06. The molecule has 19 heavy (non-hydrogen) atoms.